The van der Waals surface area contributed by atoms with Crippen LogP contribution in [0.2, 0.25) is 0 Å². The number of fused-ring (bicyclic) bond motifs is 1. The summed E-state index contributed by atoms with van der Waals surface area (Å²) in [7, 11) is 3.18. The summed E-state index contributed by atoms with van der Waals surface area (Å²) in [6.07, 6.45) is -1.06. The third-order valence-corrected chi connectivity index (χ3v) is 4.30. The normalized spacial score (nSPS) is 11.7. The van der Waals surface area contributed by atoms with Crippen molar-refractivity contribution in [1.29, 1.82) is 0 Å². The minimum Gasteiger partial charge on any atom is -0.482 e. The van der Waals surface area contributed by atoms with Crippen LogP contribution in [0.15, 0.2) is 63.8 Å². The highest BCUT2D eigenvalue weighted by atomic mass is 16.6. The van der Waals surface area contributed by atoms with Gasteiger partial charge in [0.1, 0.15) is 11.3 Å². The Hall–Kier alpha value is -3.61. The summed E-state index contributed by atoms with van der Waals surface area (Å²) >= 11 is 0. The molecule has 0 bridgehead atoms. The van der Waals surface area contributed by atoms with E-state index in [-0.39, 0.29) is 5.91 Å². The Bertz CT molecular complexity index is 1090. The van der Waals surface area contributed by atoms with E-state index in [1.165, 1.54) is 17.0 Å². The number of carbonyl (C=O) groups excluding carboxylic acids is 2. The molecule has 0 saturated heterocycles. The minimum atomic E-state index is -1.06. The van der Waals surface area contributed by atoms with E-state index in [4.69, 9.17) is 13.9 Å². The highest BCUT2D eigenvalue weighted by Gasteiger charge is 2.26. The summed E-state index contributed by atoms with van der Waals surface area (Å²) < 4.78 is 16.0. The molecular weight excluding hydrogens is 374 g/mol. The Morgan fingerprint density at radius 2 is 1.79 bits per heavy atom. The average Bonchev–Trinajstić information content (AvgIpc) is 2.70. The second-order valence-electron chi connectivity index (χ2n) is 6.71. The Morgan fingerprint density at radius 3 is 2.48 bits per heavy atom. The largest absolute Gasteiger partial charge is 0.482 e. The van der Waals surface area contributed by atoms with Crippen LogP contribution in [0.25, 0.3) is 11.0 Å². The summed E-state index contributed by atoms with van der Waals surface area (Å²) in [5.74, 6) is -0.703. The summed E-state index contributed by atoms with van der Waals surface area (Å²) in [5, 5.41) is 0.778. The average molecular weight is 395 g/mol. The van der Waals surface area contributed by atoms with Gasteiger partial charge in [0, 0.05) is 37.2 Å². The van der Waals surface area contributed by atoms with Gasteiger partial charge in [-0.15, -0.1) is 0 Å². The van der Waals surface area contributed by atoms with Crippen molar-refractivity contribution in [3.63, 3.8) is 0 Å². The van der Waals surface area contributed by atoms with E-state index in [9.17, 15) is 14.4 Å². The molecule has 150 valence electrons. The Morgan fingerprint density at radius 1 is 1.07 bits per heavy atom. The third kappa shape index (κ3) is 4.82. The van der Waals surface area contributed by atoms with E-state index >= 15 is 0 Å². The van der Waals surface area contributed by atoms with E-state index in [0.717, 1.165) is 10.9 Å². The zero-order valence-electron chi connectivity index (χ0n) is 16.4. The molecule has 0 N–H and O–H groups in total. The molecule has 7 heteroatoms. The number of carbonyl (C=O) groups is 2. The first-order valence-electron chi connectivity index (χ1n) is 8.98. The molecule has 7 nitrogen and oxygen atoms in total. The quantitative estimate of drug-likeness (QED) is 0.471. The topological polar surface area (TPSA) is 86.0 Å². The van der Waals surface area contributed by atoms with Crippen LogP contribution >= 0.6 is 0 Å². The summed E-state index contributed by atoms with van der Waals surface area (Å²) in [4.78, 5) is 37.6. The van der Waals surface area contributed by atoms with Crippen molar-refractivity contribution in [2.45, 2.75) is 13.0 Å². The van der Waals surface area contributed by atoms with Gasteiger partial charge in [-0.2, -0.15) is 0 Å². The van der Waals surface area contributed by atoms with Crippen molar-refractivity contribution in [3.05, 3.63) is 76.1 Å². The molecule has 29 heavy (non-hydrogen) atoms. The molecule has 0 aliphatic rings. The maximum atomic E-state index is 12.4. The van der Waals surface area contributed by atoms with Crippen LogP contribution in [0.5, 0.6) is 5.75 Å². The first-order chi connectivity index (χ1) is 13.8. The standard InChI is InChI=1S/C22H21NO6/c1-14-11-19(24)28-18-12-16(9-10-17(14)18)27-13-20(25)29-21(22(26)23(2)3)15-7-5-4-6-8-15/h4-12,21H,13H2,1-3H3/t21-/m0/s1. The number of benzene rings is 2. The second kappa shape index (κ2) is 8.60. The highest BCUT2D eigenvalue weighted by molar-refractivity contribution is 5.85. The van der Waals surface area contributed by atoms with Crippen LogP contribution in [-0.2, 0) is 14.3 Å². The van der Waals surface area contributed by atoms with Crippen molar-refractivity contribution in [2.75, 3.05) is 20.7 Å². The predicted molar refractivity (Wildman–Crippen MR) is 107 cm³/mol. The summed E-state index contributed by atoms with van der Waals surface area (Å²) in [5.41, 5.74) is 1.27. The fraction of sp³-hybridized carbons (Fsp3) is 0.227. The number of hydrogen-bond acceptors (Lipinski definition) is 6. The molecule has 3 rings (SSSR count). The zero-order valence-corrected chi connectivity index (χ0v) is 16.4. The molecule has 0 spiro atoms. The van der Waals surface area contributed by atoms with Crippen LogP contribution in [-0.4, -0.2) is 37.5 Å². The predicted octanol–water partition coefficient (Wildman–Crippen LogP) is 2.85. The van der Waals surface area contributed by atoms with Gasteiger partial charge in [0.15, 0.2) is 6.61 Å². The summed E-state index contributed by atoms with van der Waals surface area (Å²) in [6, 6.07) is 15.1. The van der Waals surface area contributed by atoms with Crippen molar-refractivity contribution in [1.82, 2.24) is 4.90 Å². The van der Waals surface area contributed by atoms with Crippen LogP contribution in [0, 0.1) is 6.92 Å². The van der Waals surface area contributed by atoms with E-state index < -0.39 is 24.3 Å². The van der Waals surface area contributed by atoms with Gasteiger partial charge in [-0.1, -0.05) is 30.3 Å². The van der Waals surface area contributed by atoms with E-state index in [0.29, 0.717) is 16.9 Å². The zero-order chi connectivity index (χ0) is 21.0. The molecule has 0 aliphatic heterocycles. The van der Waals surface area contributed by atoms with Crippen molar-refractivity contribution in [2.24, 2.45) is 0 Å². The highest BCUT2D eigenvalue weighted by Crippen LogP contribution is 2.23. The van der Waals surface area contributed by atoms with Gasteiger partial charge < -0.3 is 18.8 Å². The molecule has 1 amide bonds. The monoisotopic (exact) mass is 395 g/mol. The van der Waals surface area contributed by atoms with Gasteiger partial charge in [0.25, 0.3) is 5.91 Å². The van der Waals surface area contributed by atoms with Gasteiger partial charge in [0.05, 0.1) is 0 Å². The van der Waals surface area contributed by atoms with Gasteiger partial charge in [-0.25, -0.2) is 9.59 Å². The number of rotatable bonds is 6. The number of aryl methyl sites for hydroxylation is 1. The molecule has 1 heterocycles. The lowest BCUT2D eigenvalue weighted by Crippen LogP contribution is -2.32. The molecule has 3 aromatic rings. The SMILES string of the molecule is Cc1cc(=O)oc2cc(OCC(=O)O[C@H](C(=O)N(C)C)c3ccccc3)ccc12. The number of ether oxygens (including phenoxy) is 2. The Labute approximate surface area is 167 Å². The first kappa shape index (κ1) is 20.1. The number of likely N-dealkylation sites (N-methyl/N-ethyl adjacent to an activating group) is 1. The number of amides is 1. The minimum absolute atomic E-state index is 0.346. The van der Waals surface area contributed by atoms with Crippen molar-refractivity contribution < 1.29 is 23.5 Å². The summed E-state index contributed by atoms with van der Waals surface area (Å²) in [6.45, 7) is 1.41. The number of nitrogens with zero attached hydrogens (tertiary/aromatic N) is 1. The molecule has 0 fully saturated rings. The van der Waals surface area contributed by atoms with Crippen molar-refractivity contribution >= 4 is 22.8 Å². The smallest absolute Gasteiger partial charge is 0.345 e. The molecule has 0 radical (unpaired) electrons. The van der Waals surface area contributed by atoms with Crippen LogP contribution in [0.3, 0.4) is 0 Å². The molecule has 1 atom stereocenters. The number of esters is 1. The molecule has 2 aromatic carbocycles. The fourth-order valence-corrected chi connectivity index (χ4v) is 2.83. The Kier molecular flexibility index (Phi) is 5.97. The molecular formula is C22H21NO6. The van der Waals surface area contributed by atoms with E-state index in [2.05, 4.69) is 0 Å². The second-order valence-corrected chi connectivity index (χ2v) is 6.71. The molecule has 1 aromatic heterocycles. The number of hydrogen-bond donors (Lipinski definition) is 0. The lowest BCUT2D eigenvalue weighted by Gasteiger charge is -2.21. The van der Waals surface area contributed by atoms with Gasteiger partial charge in [-0.3, -0.25) is 4.79 Å². The third-order valence-electron chi connectivity index (χ3n) is 4.30. The lowest BCUT2D eigenvalue weighted by atomic mass is 10.1. The first-order valence-corrected chi connectivity index (χ1v) is 8.98. The molecule has 0 unspecified atom stereocenters. The molecule has 0 aliphatic carbocycles. The van der Waals surface area contributed by atoms with Crippen LogP contribution in [0.1, 0.15) is 17.2 Å². The van der Waals surface area contributed by atoms with Gasteiger partial charge >= 0.3 is 11.6 Å². The Balaban J connectivity index is 1.71. The van der Waals surface area contributed by atoms with E-state index in [1.807, 2.05) is 13.0 Å². The lowest BCUT2D eigenvalue weighted by molar-refractivity contribution is -0.161. The molecule has 0 saturated carbocycles. The van der Waals surface area contributed by atoms with Crippen molar-refractivity contribution in [3.8, 4) is 5.75 Å². The van der Waals surface area contributed by atoms with Crippen LogP contribution < -0.4 is 10.4 Å². The van der Waals surface area contributed by atoms with Crippen LogP contribution in [0.4, 0.5) is 0 Å². The maximum Gasteiger partial charge on any atom is 0.345 e. The van der Waals surface area contributed by atoms with Gasteiger partial charge in [0.2, 0.25) is 6.10 Å². The van der Waals surface area contributed by atoms with Gasteiger partial charge in [-0.05, 0) is 24.6 Å². The van der Waals surface area contributed by atoms with E-state index in [1.54, 1.807) is 50.5 Å². The maximum absolute atomic E-state index is 12.4. The fourth-order valence-electron chi connectivity index (χ4n) is 2.83.